The maximum absolute atomic E-state index is 9.16. The third kappa shape index (κ3) is 2.45. The topological polar surface area (TPSA) is 20.2 Å². The summed E-state index contributed by atoms with van der Waals surface area (Å²) in [5, 5.41) is 9.16. The van der Waals surface area contributed by atoms with Crippen molar-refractivity contribution in [1.82, 2.24) is 0 Å². The zero-order chi connectivity index (χ0) is 9.97. The molecule has 1 fully saturated rings. The molecule has 2 atom stereocenters. The number of phenolic OH excluding ortho intramolecular Hbond substituents is 1. The Morgan fingerprint density at radius 3 is 2.57 bits per heavy atom. The summed E-state index contributed by atoms with van der Waals surface area (Å²) in [7, 11) is 0. The fraction of sp³-hybridized carbons (Fsp3) is 0.455. The van der Waals surface area contributed by atoms with Crippen LogP contribution in [0.2, 0.25) is 0 Å². The second-order valence-corrected chi connectivity index (χ2v) is 5.94. The average Bonchev–Trinajstić information content (AvgIpc) is 2.56. The molecular weight excluding hydrogens is 260 g/mol. The van der Waals surface area contributed by atoms with Gasteiger partial charge < -0.3 is 5.11 Å². The van der Waals surface area contributed by atoms with Crippen LogP contribution in [0.1, 0.15) is 5.56 Å². The summed E-state index contributed by atoms with van der Waals surface area (Å²) < 4.78 is 0. The van der Waals surface area contributed by atoms with Crippen LogP contribution in [0.4, 0.5) is 0 Å². The molecule has 3 heteroatoms. The number of phenols is 1. The number of halogens is 1. The predicted molar refractivity (Wildman–Crippen MR) is 65.3 cm³/mol. The molecule has 0 aliphatic carbocycles. The van der Waals surface area contributed by atoms with Crippen LogP contribution in [0.25, 0.3) is 0 Å². The van der Waals surface area contributed by atoms with Crippen molar-refractivity contribution in [3.8, 4) is 5.75 Å². The lowest BCUT2D eigenvalue weighted by Crippen LogP contribution is -2.14. The fourth-order valence-electron chi connectivity index (χ4n) is 1.69. The first kappa shape index (κ1) is 10.4. The quantitative estimate of drug-likeness (QED) is 0.836. The van der Waals surface area contributed by atoms with Crippen LogP contribution < -0.4 is 0 Å². The Balaban J connectivity index is 2.00. The van der Waals surface area contributed by atoms with Gasteiger partial charge in [-0.1, -0.05) is 28.1 Å². The molecule has 14 heavy (non-hydrogen) atoms. The Labute approximate surface area is 97.0 Å². The molecule has 2 rings (SSSR count). The molecule has 1 heterocycles. The molecule has 1 aromatic rings. The summed E-state index contributed by atoms with van der Waals surface area (Å²) in [5.74, 6) is 3.56. The SMILES string of the molecule is Oc1ccc(CC2CSCC2Br)cc1. The summed E-state index contributed by atoms with van der Waals surface area (Å²) in [6, 6.07) is 7.55. The van der Waals surface area contributed by atoms with E-state index in [1.807, 2.05) is 23.9 Å². The number of thioether (sulfide) groups is 1. The number of benzene rings is 1. The summed E-state index contributed by atoms with van der Waals surface area (Å²) >= 11 is 5.72. The maximum Gasteiger partial charge on any atom is 0.115 e. The van der Waals surface area contributed by atoms with E-state index >= 15 is 0 Å². The van der Waals surface area contributed by atoms with Crippen molar-refractivity contribution >= 4 is 27.7 Å². The minimum atomic E-state index is 0.352. The summed E-state index contributed by atoms with van der Waals surface area (Å²) in [6.45, 7) is 0. The molecule has 1 N–H and O–H groups in total. The van der Waals surface area contributed by atoms with Crippen LogP contribution in [0.15, 0.2) is 24.3 Å². The highest BCUT2D eigenvalue weighted by atomic mass is 79.9. The Kier molecular flexibility index (Phi) is 3.39. The minimum Gasteiger partial charge on any atom is -0.508 e. The third-order valence-electron chi connectivity index (χ3n) is 2.55. The van der Waals surface area contributed by atoms with E-state index < -0.39 is 0 Å². The molecule has 1 saturated heterocycles. The molecule has 0 radical (unpaired) electrons. The van der Waals surface area contributed by atoms with Gasteiger partial charge in [-0.05, 0) is 35.8 Å². The highest BCUT2D eigenvalue weighted by Gasteiger charge is 2.25. The van der Waals surface area contributed by atoms with Gasteiger partial charge in [0.1, 0.15) is 5.75 Å². The lowest BCUT2D eigenvalue weighted by atomic mass is 9.99. The zero-order valence-corrected chi connectivity index (χ0v) is 10.2. The summed E-state index contributed by atoms with van der Waals surface area (Å²) in [6.07, 6.45) is 1.11. The van der Waals surface area contributed by atoms with Crippen LogP contribution in [0.5, 0.6) is 5.75 Å². The van der Waals surface area contributed by atoms with E-state index in [0.717, 1.165) is 12.3 Å². The largest absolute Gasteiger partial charge is 0.508 e. The lowest BCUT2D eigenvalue weighted by Gasteiger charge is -2.12. The summed E-state index contributed by atoms with van der Waals surface area (Å²) in [4.78, 5) is 0.654. The van der Waals surface area contributed by atoms with Gasteiger partial charge in [0.25, 0.3) is 0 Å². The minimum absolute atomic E-state index is 0.352. The van der Waals surface area contributed by atoms with E-state index in [1.165, 1.54) is 17.1 Å². The number of alkyl halides is 1. The van der Waals surface area contributed by atoms with Gasteiger partial charge in [-0.2, -0.15) is 11.8 Å². The van der Waals surface area contributed by atoms with Crippen molar-refractivity contribution in [3.63, 3.8) is 0 Å². The van der Waals surface area contributed by atoms with E-state index in [4.69, 9.17) is 5.11 Å². The molecule has 1 aliphatic rings. The van der Waals surface area contributed by atoms with Gasteiger partial charge in [0.05, 0.1) is 0 Å². The van der Waals surface area contributed by atoms with E-state index in [-0.39, 0.29) is 0 Å². The number of hydrogen-bond acceptors (Lipinski definition) is 2. The molecule has 0 bridgehead atoms. The first-order valence-corrected chi connectivity index (χ1v) is 6.82. The molecule has 0 spiro atoms. The van der Waals surface area contributed by atoms with Crippen LogP contribution in [-0.4, -0.2) is 21.4 Å². The number of rotatable bonds is 2. The molecule has 1 nitrogen and oxygen atoms in total. The van der Waals surface area contributed by atoms with Crippen LogP contribution in [-0.2, 0) is 6.42 Å². The van der Waals surface area contributed by atoms with E-state index in [2.05, 4.69) is 15.9 Å². The van der Waals surface area contributed by atoms with Crippen molar-refractivity contribution in [2.75, 3.05) is 11.5 Å². The van der Waals surface area contributed by atoms with Gasteiger partial charge in [-0.3, -0.25) is 0 Å². The van der Waals surface area contributed by atoms with E-state index in [1.54, 1.807) is 12.1 Å². The van der Waals surface area contributed by atoms with Crippen molar-refractivity contribution in [3.05, 3.63) is 29.8 Å². The fourth-order valence-corrected chi connectivity index (χ4v) is 4.16. The normalized spacial score (nSPS) is 26.6. The molecule has 0 saturated carbocycles. The second-order valence-electron chi connectivity index (χ2n) is 3.68. The standard InChI is InChI=1S/C11H13BrOS/c12-11-7-14-6-9(11)5-8-1-3-10(13)4-2-8/h1-4,9,11,13H,5-7H2. The Morgan fingerprint density at radius 2 is 2.00 bits per heavy atom. The van der Waals surface area contributed by atoms with E-state index in [0.29, 0.717) is 10.6 Å². The maximum atomic E-state index is 9.16. The summed E-state index contributed by atoms with van der Waals surface area (Å²) in [5.41, 5.74) is 1.32. The highest BCUT2D eigenvalue weighted by molar-refractivity contribution is 9.09. The number of hydrogen-bond donors (Lipinski definition) is 1. The Morgan fingerprint density at radius 1 is 1.29 bits per heavy atom. The van der Waals surface area contributed by atoms with Gasteiger partial charge in [0.15, 0.2) is 0 Å². The third-order valence-corrected chi connectivity index (χ3v) is 5.31. The van der Waals surface area contributed by atoms with Gasteiger partial charge in [0, 0.05) is 10.6 Å². The molecule has 0 aromatic heterocycles. The smallest absolute Gasteiger partial charge is 0.115 e. The lowest BCUT2D eigenvalue weighted by molar-refractivity contribution is 0.475. The molecule has 1 aromatic carbocycles. The first-order chi connectivity index (χ1) is 6.75. The van der Waals surface area contributed by atoms with Gasteiger partial charge >= 0.3 is 0 Å². The molecule has 1 aliphatic heterocycles. The Hall–Kier alpha value is -0.150. The monoisotopic (exact) mass is 272 g/mol. The highest BCUT2D eigenvalue weighted by Crippen LogP contribution is 2.32. The van der Waals surface area contributed by atoms with Crippen molar-refractivity contribution in [1.29, 1.82) is 0 Å². The van der Waals surface area contributed by atoms with Crippen LogP contribution >= 0.6 is 27.7 Å². The van der Waals surface area contributed by atoms with Crippen LogP contribution in [0.3, 0.4) is 0 Å². The predicted octanol–water partition coefficient (Wildman–Crippen LogP) is 3.06. The van der Waals surface area contributed by atoms with Gasteiger partial charge in [-0.25, -0.2) is 0 Å². The van der Waals surface area contributed by atoms with Crippen LogP contribution in [0, 0.1) is 5.92 Å². The second kappa shape index (κ2) is 4.58. The van der Waals surface area contributed by atoms with E-state index in [9.17, 15) is 0 Å². The Bertz CT molecular complexity index is 299. The first-order valence-electron chi connectivity index (χ1n) is 4.75. The van der Waals surface area contributed by atoms with Gasteiger partial charge in [0.2, 0.25) is 0 Å². The molecular formula is C11H13BrOS. The molecule has 76 valence electrons. The van der Waals surface area contributed by atoms with Crippen molar-refractivity contribution < 1.29 is 5.11 Å². The molecule has 0 amide bonds. The van der Waals surface area contributed by atoms with Crippen molar-refractivity contribution in [2.45, 2.75) is 11.2 Å². The van der Waals surface area contributed by atoms with Gasteiger partial charge in [-0.15, -0.1) is 0 Å². The number of aromatic hydroxyl groups is 1. The van der Waals surface area contributed by atoms with Crippen molar-refractivity contribution in [2.24, 2.45) is 5.92 Å². The zero-order valence-electron chi connectivity index (χ0n) is 7.82. The molecule has 2 unspecified atom stereocenters. The average molecular weight is 273 g/mol.